The second kappa shape index (κ2) is 4.81. The molecule has 1 fully saturated rings. The Kier molecular flexibility index (Phi) is 3.43. The molecule has 2 rings (SSSR count). The van der Waals surface area contributed by atoms with E-state index in [1.165, 1.54) is 0 Å². The summed E-state index contributed by atoms with van der Waals surface area (Å²) in [5, 5.41) is 9.80. The molecule has 0 bridgehead atoms. The molecular formula is C10H14N2O2S. The van der Waals surface area contributed by atoms with Gasteiger partial charge >= 0.3 is 0 Å². The van der Waals surface area contributed by atoms with E-state index < -0.39 is 0 Å². The summed E-state index contributed by atoms with van der Waals surface area (Å²) in [4.78, 5) is 11.0. The molecule has 0 spiro atoms. The SMILES string of the molecule is Cc1nnc(COC2CCC(=O)CC2)s1. The molecule has 0 aliphatic heterocycles. The Hall–Kier alpha value is -0.810. The van der Waals surface area contributed by atoms with Crippen LogP contribution in [0.15, 0.2) is 0 Å². The fourth-order valence-corrected chi connectivity index (χ4v) is 2.30. The fourth-order valence-electron chi connectivity index (χ4n) is 1.66. The maximum absolute atomic E-state index is 11.0. The summed E-state index contributed by atoms with van der Waals surface area (Å²) in [5.41, 5.74) is 0. The van der Waals surface area contributed by atoms with Crippen LogP contribution in [0.5, 0.6) is 0 Å². The van der Waals surface area contributed by atoms with E-state index in [1.54, 1.807) is 11.3 Å². The molecule has 0 unspecified atom stereocenters. The highest BCUT2D eigenvalue weighted by Gasteiger charge is 2.19. The number of hydrogen-bond donors (Lipinski definition) is 0. The molecule has 15 heavy (non-hydrogen) atoms. The molecule has 0 atom stereocenters. The summed E-state index contributed by atoms with van der Waals surface area (Å²) in [6.07, 6.45) is 3.28. The second-order valence-electron chi connectivity index (χ2n) is 3.76. The molecule has 0 saturated heterocycles. The van der Waals surface area contributed by atoms with Crippen LogP contribution in [0, 0.1) is 6.92 Å². The van der Waals surface area contributed by atoms with E-state index in [0.29, 0.717) is 25.2 Å². The molecule has 0 N–H and O–H groups in total. The molecule has 1 heterocycles. The molecule has 5 heteroatoms. The standard InChI is InChI=1S/C10H14N2O2S/c1-7-11-12-10(15-7)6-14-9-4-2-8(13)3-5-9/h9H,2-6H2,1H3. The smallest absolute Gasteiger partial charge is 0.143 e. The van der Waals surface area contributed by atoms with Gasteiger partial charge in [0.05, 0.1) is 6.10 Å². The number of nitrogens with zero attached hydrogens (tertiary/aromatic N) is 2. The summed E-state index contributed by atoms with van der Waals surface area (Å²) in [7, 11) is 0. The largest absolute Gasteiger partial charge is 0.371 e. The van der Waals surface area contributed by atoms with E-state index in [0.717, 1.165) is 22.9 Å². The zero-order valence-electron chi connectivity index (χ0n) is 8.73. The van der Waals surface area contributed by atoms with Crippen molar-refractivity contribution in [1.29, 1.82) is 0 Å². The Balaban J connectivity index is 1.76. The number of ether oxygens (including phenoxy) is 1. The fraction of sp³-hybridized carbons (Fsp3) is 0.700. The summed E-state index contributed by atoms with van der Waals surface area (Å²) in [6, 6.07) is 0. The van der Waals surface area contributed by atoms with Gasteiger partial charge in [-0.2, -0.15) is 0 Å². The van der Waals surface area contributed by atoms with Crippen molar-refractivity contribution >= 4 is 17.1 Å². The third-order valence-electron chi connectivity index (χ3n) is 2.50. The predicted octanol–water partition coefficient (Wildman–Crippen LogP) is 1.87. The molecule has 1 aliphatic carbocycles. The molecular weight excluding hydrogens is 212 g/mol. The van der Waals surface area contributed by atoms with E-state index in [-0.39, 0.29) is 6.10 Å². The number of aromatic nitrogens is 2. The lowest BCUT2D eigenvalue weighted by atomic mass is 9.97. The van der Waals surface area contributed by atoms with Gasteiger partial charge in [-0.25, -0.2) is 0 Å². The van der Waals surface area contributed by atoms with Gasteiger partial charge in [0.15, 0.2) is 0 Å². The van der Waals surface area contributed by atoms with Crippen molar-refractivity contribution < 1.29 is 9.53 Å². The molecule has 1 aromatic rings. The highest BCUT2D eigenvalue weighted by Crippen LogP contribution is 2.20. The predicted molar refractivity (Wildman–Crippen MR) is 56.7 cm³/mol. The van der Waals surface area contributed by atoms with Crippen LogP contribution in [0.25, 0.3) is 0 Å². The van der Waals surface area contributed by atoms with Crippen LogP contribution in [-0.2, 0) is 16.1 Å². The van der Waals surface area contributed by atoms with Crippen molar-refractivity contribution in [3.05, 3.63) is 10.0 Å². The number of carbonyl (C=O) groups excluding carboxylic acids is 1. The number of hydrogen-bond acceptors (Lipinski definition) is 5. The summed E-state index contributed by atoms with van der Waals surface area (Å²) < 4.78 is 5.69. The van der Waals surface area contributed by atoms with Crippen LogP contribution in [0.3, 0.4) is 0 Å². The molecule has 1 saturated carbocycles. The lowest BCUT2D eigenvalue weighted by molar-refractivity contribution is -0.123. The van der Waals surface area contributed by atoms with Crippen LogP contribution in [0.1, 0.15) is 35.7 Å². The Bertz CT molecular complexity index is 341. The van der Waals surface area contributed by atoms with Crippen molar-refractivity contribution in [2.75, 3.05) is 0 Å². The molecule has 0 amide bonds. The van der Waals surface area contributed by atoms with Crippen LogP contribution in [0.4, 0.5) is 0 Å². The molecule has 0 radical (unpaired) electrons. The summed E-state index contributed by atoms with van der Waals surface area (Å²) in [5.74, 6) is 0.363. The van der Waals surface area contributed by atoms with E-state index in [4.69, 9.17) is 4.74 Å². The van der Waals surface area contributed by atoms with Gasteiger partial charge in [-0.15, -0.1) is 10.2 Å². The van der Waals surface area contributed by atoms with Gasteiger partial charge in [-0.1, -0.05) is 11.3 Å². The zero-order valence-corrected chi connectivity index (χ0v) is 9.55. The minimum Gasteiger partial charge on any atom is -0.371 e. The minimum absolute atomic E-state index is 0.229. The third kappa shape index (κ3) is 3.07. The van der Waals surface area contributed by atoms with Crippen LogP contribution in [0.2, 0.25) is 0 Å². The number of carbonyl (C=O) groups is 1. The van der Waals surface area contributed by atoms with E-state index in [1.807, 2.05) is 6.92 Å². The molecule has 82 valence electrons. The van der Waals surface area contributed by atoms with Crippen molar-refractivity contribution in [2.24, 2.45) is 0 Å². The maximum atomic E-state index is 11.0. The second-order valence-corrected chi connectivity index (χ2v) is 5.03. The topological polar surface area (TPSA) is 52.1 Å². The van der Waals surface area contributed by atoms with Crippen molar-refractivity contribution in [1.82, 2.24) is 10.2 Å². The number of ketones is 1. The first-order chi connectivity index (χ1) is 7.24. The van der Waals surface area contributed by atoms with Gasteiger partial charge < -0.3 is 4.74 Å². The quantitative estimate of drug-likeness (QED) is 0.789. The van der Waals surface area contributed by atoms with Crippen molar-refractivity contribution in [3.63, 3.8) is 0 Å². The highest BCUT2D eigenvalue weighted by atomic mass is 32.1. The Morgan fingerprint density at radius 3 is 2.73 bits per heavy atom. The van der Waals surface area contributed by atoms with Crippen molar-refractivity contribution in [3.8, 4) is 0 Å². The van der Waals surface area contributed by atoms with Crippen LogP contribution in [-0.4, -0.2) is 22.1 Å². The van der Waals surface area contributed by atoms with Gasteiger partial charge in [0, 0.05) is 12.8 Å². The Morgan fingerprint density at radius 2 is 2.13 bits per heavy atom. The van der Waals surface area contributed by atoms with E-state index in [2.05, 4.69) is 10.2 Å². The van der Waals surface area contributed by atoms with Gasteiger partial charge in [0.25, 0.3) is 0 Å². The maximum Gasteiger partial charge on any atom is 0.143 e. The van der Waals surface area contributed by atoms with Crippen molar-refractivity contribution in [2.45, 2.75) is 45.3 Å². The highest BCUT2D eigenvalue weighted by molar-refractivity contribution is 7.11. The van der Waals surface area contributed by atoms with Gasteiger partial charge in [-0.05, 0) is 19.8 Å². The monoisotopic (exact) mass is 226 g/mol. The van der Waals surface area contributed by atoms with Gasteiger partial charge in [0.1, 0.15) is 22.4 Å². The van der Waals surface area contributed by atoms with E-state index in [9.17, 15) is 4.79 Å². The van der Waals surface area contributed by atoms with Gasteiger partial charge in [0.2, 0.25) is 0 Å². The average molecular weight is 226 g/mol. The Morgan fingerprint density at radius 1 is 1.40 bits per heavy atom. The lowest BCUT2D eigenvalue weighted by Crippen LogP contribution is -2.21. The third-order valence-corrected chi connectivity index (χ3v) is 3.31. The lowest BCUT2D eigenvalue weighted by Gasteiger charge is -2.20. The number of Topliss-reactive ketones (excluding diaryl/α,β-unsaturated/α-hetero) is 1. The normalized spacial score (nSPS) is 18.3. The summed E-state index contributed by atoms with van der Waals surface area (Å²) >= 11 is 1.56. The first-order valence-electron chi connectivity index (χ1n) is 5.16. The zero-order chi connectivity index (χ0) is 10.7. The molecule has 0 aromatic carbocycles. The first-order valence-corrected chi connectivity index (χ1v) is 5.98. The van der Waals surface area contributed by atoms with E-state index >= 15 is 0 Å². The molecule has 4 nitrogen and oxygen atoms in total. The Labute approximate surface area is 92.7 Å². The average Bonchev–Trinajstić information content (AvgIpc) is 2.64. The summed E-state index contributed by atoms with van der Waals surface area (Å²) in [6.45, 7) is 2.46. The molecule has 1 aromatic heterocycles. The first kappa shape index (κ1) is 10.7. The van der Waals surface area contributed by atoms with Crippen LogP contribution < -0.4 is 0 Å². The number of aryl methyl sites for hydroxylation is 1. The van der Waals surface area contributed by atoms with Crippen LogP contribution >= 0.6 is 11.3 Å². The molecule has 1 aliphatic rings. The minimum atomic E-state index is 0.229. The van der Waals surface area contributed by atoms with Gasteiger partial charge in [-0.3, -0.25) is 4.79 Å². The number of rotatable bonds is 3.